The molecule has 0 bridgehead atoms. The lowest BCUT2D eigenvalue weighted by molar-refractivity contribution is 0.459. The monoisotopic (exact) mass is 359 g/mol. The molecule has 2 heterocycles. The zero-order valence-corrected chi connectivity index (χ0v) is 13.5. The Labute approximate surface area is 142 Å². The first-order chi connectivity index (χ1) is 12.0. The van der Waals surface area contributed by atoms with Crippen molar-refractivity contribution in [3.8, 4) is 0 Å². The SMILES string of the molecule is O=S(=O)(c1ccccc1)c1ccnc2c1N(F)c1ccccc1N2F. The summed E-state index contributed by atoms with van der Waals surface area (Å²) in [6, 6.07) is 14.6. The zero-order valence-electron chi connectivity index (χ0n) is 12.7. The van der Waals surface area contributed by atoms with Gasteiger partial charge in [-0.1, -0.05) is 39.3 Å². The number of hydrogen-bond donors (Lipinski definition) is 0. The molecule has 5 nitrogen and oxygen atoms in total. The van der Waals surface area contributed by atoms with Crippen molar-refractivity contribution >= 4 is 32.7 Å². The Morgan fingerprint density at radius 2 is 1.40 bits per heavy atom. The summed E-state index contributed by atoms with van der Waals surface area (Å²) < 4.78 is 55.5. The van der Waals surface area contributed by atoms with E-state index >= 15 is 0 Å². The van der Waals surface area contributed by atoms with Crippen molar-refractivity contribution in [1.82, 2.24) is 4.98 Å². The summed E-state index contributed by atoms with van der Waals surface area (Å²) in [5, 5.41) is 0.342. The van der Waals surface area contributed by atoms with Crippen LogP contribution in [-0.2, 0) is 9.84 Å². The molecule has 1 aliphatic heterocycles. The molecule has 0 N–H and O–H groups in total. The molecule has 4 rings (SSSR count). The zero-order chi connectivity index (χ0) is 17.6. The molecule has 1 aromatic heterocycles. The molecule has 25 heavy (non-hydrogen) atoms. The number of pyridine rings is 1. The van der Waals surface area contributed by atoms with E-state index in [2.05, 4.69) is 4.98 Å². The minimum Gasteiger partial charge on any atom is -0.235 e. The van der Waals surface area contributed by atoms with E-state index in [9.17, 15) is 17.4 Å². The fourth-order valence-electron chi connectivity index (χ4n) is 2.73. The minimum atomic E-state index is -4.05. The van der Waals surface area contributed by atoms with Gasteiger partial charge in [0.15, 0.2) is 5.82 Å². The molecule has 2 aromatic carbocycles. The predicted molar refractivity (Wildman–Crippen MR) is 89.1 cm³/mol. The predicted octanol–water partition coefficient (Wildman–Crippen LogP) is 4.27. The largest absolute Gasteiger partial charge is 0.235 e. The highest BCUT2D eigenvalue weighted by Crippen LogP contribution is 2.50. The number of anilines is 4. The number of hydrogen-bond acceptors (Lipinski definition) is 5. The van der Waals surface area contributed by atoms with E-state index in [1.807, 2.05) is 0 Å². The van der Waals surface area contributed by atoms with Crippen molar-refractivity contribution in [2.45, 2.75) is 9.79 Å². The first-order valence-corrected chi connectivity index (χ1v) is 8.80. The lowest BCUT2D eigenvalue weighted by Gasteiger charge is -2.30. The van der Waals surface area contributed by atoms with Crippen molar-refractivity contribution < 1.29 is 17.4 Å². The van der Waals surface area contributed by atoms with Gasteiger partial charge in [0.1, 0.15) is 22.0 Å². The fraction of sp³-hybridized carbons (Fsp3) is 0. The summed E-state index contributed by atoms with van der Waals surface area (Å²) >= 11 is 0. The number of para-hydroxylation sites is 2. The van der Waals surface area contributed by atoms with Gasteiger partial charge in [-0.3, -0.25) is 0 Å². The molecule has 0 atom stereocenters. The highest BCUT2D eigenvalue weighted by molar-refractivity contribution is 7.91. The second-order valence-corrected chi connectivity index (χ2v) is 7.27. The van der Waals surface area contributed by atoms with Crippen molar-refractivity contribution in [3.63, 3.8) is 0 Å². The van der Waals surface area contributed by atoms with Crippen LogP contribution < -0.4 is 10.2 Å². The molecule has 1 aliphatic rings. The van der Waals surface area contributed by atoms with Crippen LogP contribution in [0, 0.1) is 0 Å². The Balaban J connectivity index is 1.97. The van der Waals surface area contributed by atoms with Crippen LogP contribution in [0.15, 0.2) is 76.7 Å². The number of halogens is 2. The summed E-state index contributed by atoms with van der Waals surface area (Å²) in [7, 11) is -4.05. The van der Waals surface area contributed by atoms with E-state index in [4.69, 9.17) is 0 Å². The lowest BCUT2D eigenvalue weighted by atomic mass is 10.2. The van der Waals surface area contributed by atoms with Crippen molar-refractivity contribution in [2.24, 2.45) is 0 Å². The second kappa shape index (κ2) is 5.52. The van der Waals surface area contributed by atoms with Gasteiger partial charge in [0, 0.05) is 6.20 Å². The van der Waals surface area contributed by atoms with Crippen LogP contribution in [0.25, 0.3) is 0 Å². The van der Waals surface area contributed by atoms with Gasteiger partial charge >= 0.3 is 0 Å². The smallest absolute Gasteiger partial charge is 0.208 e. The Kier molecular flexibility index (Phi) is 3.43. The van der Waals surface area contributed by atoms with Gasteiger partial charge in [0.25, 0.3) is 0 Å². The lowest BCUT2D eigenvalue weighted by Crippen LogP contribution is -2.22. The molecule has 0 saturated heterocycles. The summed E-state index contributed by atoms with van der Waals surface area (Å²) in [6.45, 7) is 0. The van der Waals surface area contributed by atoms with E-state index in [-0.39, 0.29) is 31.4 Å². The number of aromatic nitrogens is 1. The molecule has 0 aliphatic carbocycles. The topological polar surface area (TPSA) is 53.5 Å². The number of fused-ring (bicyclic) bond motifs is 2. The van der Waals surface area contributed by atoms with Gasteiger partial charge in [-0.25, -0.2) is 13.4 Å². The van der Waals surface area contributed by atoms with Gasteiger partial charge < -0.3 is 0 Å². The van der Waals surface area contributed by atoms with E-state index < -0.39 is 21.3 Å². The minimum absolute atomic E-state index is 0.0129. The number of nitrogens with zero attached hydrogens (tertiary/aromatic N) is 3. The molecule has 0 unspecified atom stereocenters. The van der Waals surface area contributed by atoms with Gasteiger partial charge in [-0.05, 0) is 30.3 Å². The number of rotatable bonds is 2. The van der Waals surface area contributed by atoms with Gasteiger partial charge in [0.2, 0.25) is 9.84 Å². The average Bonchev–Trinajstić information content (AvgIpc) is 2.66. The quantitative estimate of drug-likeness (QED) is 0.640. The Hall–Kier alpha value is -3.00. The van der Waals surface area contributed by atoms with Crippen molar-refractivity contribution in [2.75, 3.05) is 10.2 Å². The summed E-state index contributed by atoms with van der Waals surface area (Å²) in [5.74, 6) is -0.418. The first-order valence-electron chi connectivity index (χ1n) is 7.32. The molecule has 0 saturated carbocycles. The van der Waals surface area contributed by atoms with Crippen LogP contribution in [-0.4, -0.2) is 13.4 Å². The molecular formula is C17H11F2N3O2S. The molecule has 3 aromatic rings. The molecular weight excluding hydrogens is 348 g/mol. The van der Waals surface area contributed by atoms with E-state index in [1.165, 1.54) is 30.3 Å². The average molecular weight is 359 g/mol. The third-order valence-corrected chi connectivity index (χ3v) is 5.70. The first kappa shape index (κ1) is 15.5. The van der Waals surface area contributed by atoms with Gasteiger partial charge in [-0.2, -0.15) is 10.2 Å². The third-order valence-electron chi connectivity index (χ3n) is 3.90. The van der Waals surface area contributed by atoms with E-state index in [1.54, 1.807) is 24.3 Å². The van der Waals surface area contributed by atoms with Crippen LogP contribution in [0.5, 0.6) is 0 Å². The number of sulfone groups is 1. The van der Waals surface area contributed by atoms with Crippen LogP contribution >= 0.6 is 0 Å². The fourth-order valence-corrected chi connectivity index (χ4v) is 4.16. The molecule has 0 fully saturated rings. The van der Waals surface area contributed by atoms with Gasteiger partial charge in [-0.15, -0.1) is 0 Å². The maximum atomic E-state index is 15.0. The Morgan fingerprint density at radius 1 is 0.800 bits per heavy atom. The number of benzene rings is 2. The molecule has 126 valence electrons. The van der Waals surface area contributed by atoms with E-state index in [0.717, 1.165) is 12.3 Å². The summed E-state index contributed by atoms with van der Waals surface area (Å²) in [6.07, 6.45) is 1.14. The third kappa shape index (κ3) is 2.25. The van der Waals surface area contributed by atoms with Crippen LogP contribution in [0.3, 0.4) is 0 Å². The second-order valence-electron chi connectivity index (χ2n) is 5.35. The normalized spacial score (nSPS) is 13.4. The Morgan fingerprint density at radius 3 is 2.08 bits per heavy atom. The highest BCUT2D eigenvalue weighted by atomic mass is 32.2. The highest BCUT2D eigenvalue weighted by Gasteiger charge is 2.36. The summed E-state index contributed by atoms with van der Waals surface area (Å²) in [4.78, 5) is 3.45. The molecule has 0 amide bonds. The molecule has 8 heteroatoms. The maximum absolute atomic E-state index is 15.0. The molecule has 0 radical (unpaired) electrons. The van der Waals surface area contributed by atoms with Gasteiger partial charge in [0.05, 0.1) is 4.90 Å². The maximum Gasteiger partial charge on any atom is 0.208 e. The van der Waals surface area contributed by atoms with E-state index in [0.29, 0.717) is 0 Å². The Bertz CT molecular complexity index is 1060. The van der Waals surface area contributed by atoms with Crippen molar-refractivity contribution in [3.05, 3.63) is 66.9 Å². The summed E-state index contributed by atoms with van der Waals surface area (Å²) in [5.41, 5.74) is -0.609. The van der Waals surface area contributed by atoms with Crippen LogP contribution in [0.1, 0.15) is 0 Å². The van der Waals surface area contributed by atoms with Crippen molar-refractivity contribution in [1.29, 1.82) is 0 Å². The van der Waals surface area contributed by atoms with Crippen LogP contribution in [0.2, 0.25) is 0 Å². The van der Waals surface area contributed by atoms with Crippen LogP contribution in [0.4, 0.5) is 31.8 Å². The standard InChI is InChI=1S/C17H11F2N3O2S/c18-21-13-8-4-5-9-14(13)22(19)17-16(21)15(10-11-20-17)25(23,24)12-6-2-1-3-7-12/h1-11H. The molecule has 0 spiro atoms.